The summed E-state index contributed by atoms with van der Waals surface area (Å²) in [5.74, 6) is -0.529. The summed E-state index contributed by atoms with van der Waals surface area (Å²) in [6.45, 7) is 1.17. The zero-order chi connectivity index (χ0) is 18.6. The molecule has 0 fully saturated rings. The highest BCUT2D eigenvalue weighted by Gasteiger charge is 2.29. The van der Waals surface area contributed by atoms with Gasteiger partial charge in [-0.2, -0.15) is 5.26 Å². The molecule has 0 spiro atoms. The molecule has 24 heavy (non-hydrogen) atoms. The predicted molar refractivity (Wildman–Crippen MR) is 94.3 cm³/mol. The molecule has 0 aliphatic heterocycles. The molecule has 0 amide bonds. The van der Waals surface area contributed by atoms with E-state index in [4.69, 9.17) is 35.9 Å². The lowest BCUT2D eigenvalue weighted by Gasteiger charge is -2.16. The number of benzene rings is 1. The van der Waals surface area contributed by atoms with Crippen LogP contribution in [0.3, 0.4) is 0 Å². The van der Waals surface area contributed by atoms with Crippen LogP contribution < -0.4 is 11.5 Å². The highest BCUT2D eigenvalue weighted by atomic mass is 32.1. The topological polar surface area (TPSA) is 162 Å². The summed E-state index contributed by atoms with van der Waals surface area (Å²) < 4.78 is 0. The summed E-state index contributed by atoms with van der Waals surface area (Å²) in [4.78, 5) is 20.4. The second kappa shape index (κ2) is 7.71. The van der Waals surface area contributed by atoms with Gasteiger partial charge in [-0.05, 0) is 6.42 Å². The SMILES string of the molecule is CC(Cc1c([N+](=O)[O-])cc(C#N)c(C(N)=S)c1C(N)=S)C[N+](=O)[O-]. The standard InChI is InChI=1S/C13H13N5O4S2/c1-6(5-17(19)20)2-8-9(18(21)22)3-7(4-14)10(12(15)23)11(8)13(16)24/h3,6H,2,5H2,1H3,(H2,15,23)(H2,16,24). The molecule has 9 nitrogen and oxygen atoms in total. The molecular formula is C13H13N5O4S2. The lowest BCUT2D eigenvalue weighted by atomic mass is 9.89. The Hall–Kier alpha value is -2.71. The van der Waals surface area contributed by atoms with E-state index in [1.54, 1.807) is 13.0 Å². The fourth-order valence-corrected chi connectivity index (χ4v) is 2.80. The van der Waals surface area contributed by atoms with E-state index >= 15 is 0 Å². The van der Waals surface area contributed by atoms with Gasteiger partial charge in [0.15, 0.2) is 0 Å². The van der Waals surface area contributed by atoms with Crippen LogP contribution in [0.25, 0.3) is 0 Å². The van der Waals surface area contributed by atoms with E-state index in [1.165, 1.54) is 0 Å². The lowest BCUT2D eigenvalue weighted by Crippen LogP contribution is -2.25. The first-order valence-electron chi connectivity index (χ1n) is 6.55. The molecule has 1 unspecified atom stereocenters. The van der Waals surface area contributed by atoms with Crippen molar-refractivity contribution in [1.29, 1.82) is 5.26 Å². The van der Waals surface area contributed by atoms with Gasteiger partial charge in [-0.25, -0.2) is 0 Å². The van der Waals surface area contributed by atoms with Crippen molar-refractivity contribution >= 4 is 40.1 Å². The molecule has 0 saturated heterocycles. The second-order valence-corrected chi connectivity index (χ2v) is 5.97. The van der Waals surface area contributed by atoms with Crippen LogP contribution in [0.5, 0.6) is 0 Å². The van der Waals surface area contributed by atoms with Crippen LogP contribution in [0, 0.1) is 37.5 Å². The molecule has 0 bridgehead atoms. The summed E-state index contributed by atoms with van der Waals surface area (Å²) in [6.07, 6.45) is -0.0364. The van der Waals surface area contributed by atoms with Crippen molar-refractivity contribution in [2.45, 2.75) is 13.3 Å². The Morgan fingerprint density at radius 3 is 2.21 bits per heavy atom. The highest BCUT2D eigenvalue weighted by Crippen LogP contribution is 2.31. The molecule has 0 radical (unpaired) electrons. The van der Waals surface area contributed by atoms with E-state index in [9.17, 15) is 25.5 Å². The monoisotopic (exact) mass is 367 g/mol. The maximum Gasteiger partial charge on any atom is 0.274 e. The smallest absolute Gasteiger partial charge is 0.274 e. The van der Waals surface area contributed by atoms with Gasteiger partial charge in [0.25, 0.3) is 5.69 Å². The van der Waals surface area contributed by atoms with Gasteiger partial charge in [-0.3, -0.25) is 20.2 Å². The molecule has 11 heteroatoms. The Kier molecular flexibility index (Phi) is 6.21. The normalized spacial score (nSPS) is 11.3. The Morgan fingerprint density at radius 1 is 1.29 bits per heavy atom. The number of nitro benzene ring substituents is 1. The summed E-state index contributed by atoms with van der Waals surface area (Å²) in [5.41, 5.74) is 10.9. The van der Waals surface area contributed by atoms with Gasteiger partial charge in [0.1, 0.15) is 16.0 Å². The molecule has 0 heterocycles. The zero-order valence-electron chi connectivity index (χ0n) is 12.5. The molecule has 0 saturated carbocycles. The van der Waals surface area contributed by atoms with Crippen LogP contribution >= 0.6 is 24.4 Å². The minimum Gasteiger partial charge on any atom is -0.389 e. The molecule has 0 aliphatic carbocycles. The van der Waals surface area contributed by atoms with Gasteiger partial charge < -0.3 is 11.5 Å². The van der Waals surface area contributed by atoms with Crippen LogP contribution in [-0.2, 0) is 6.42 Å². The molecule has 0 aromatic heterocycles. The van der Waals surface area contributed by atoms with Crippen molar-refractivity contribution in [3.8, 4) is 6.07 Å². The third kappa shape index (κ3) is 4.18. The van der Waals surface area contributed by atoms with Crippen molar-refractivity contribution < 1.29 is 9.85 Å². The van der Waals surface area contributed by atoms with E-state index in [1.807, 2.05) is 0 Å². The lowest BCUT2D eigenvalue weighted by molar-refractivity contribution is -0.487. The van der Waals surface area contributed by atoms with E-state index in [2.05, 4.69) is 0 Å². The van der Waals surface area contributed by atoms with Crippen molar-refractivity contribution in [1.82, 2.24) is 0 Å². The number of hydrogen-bond acceptors (Lipinski definition) is 7. The van der Waals surface area contributed by atoms with Gasteiger partial charge in [-0.1, -0.05) is 31.4 Å². The maximum absolute atomic E-state index is 11.4. The van der Waals surface area contributed by atoms with E-state index < -0.39 is 28.0 Å². The average Bonchev–Trinajstić information content (AvgIpc) is 2.44. The van der Waals surface area contributed by atoms with Crippen LogP contribution in [0.1, 0.15) is 29.2 Å². The summed E-state index contributed by atoms with van der Waals surface area (Å²) in [5, 5.41) is 31.2. The summed E-state index contributed by atoms with van der Waals surface area (Å²) >= 11 is 9.86. The first-order chi connectivity index (χ1) is 11.1. The van der Waals surface area contributed by atoms with Crippen molar-refractivity contribution in [2.24, 2.45) is 17.4 Å². The fourth-order valence-electron chi connectivity index (χ4n) is 2.36. The van der Waals surface area contributed by atoms with Crippen LogP contribution in [0.4, 0.5) is 5.69 Å². The summed E-state index contributed by atoms with van der Waals surface area (Å²) in [7, 11) is 0. The molecule has 0 aliphatic rings. The highest BCUT2D eigenvalue weighted by molar-refractivity contribution is 7.81. The molecule has 1 aromatic carbocycles. The van der Waals surface area contributed by atoms with E-state index in [0.717, 1.165) is 6.07 Å². The molecule has 1 rings (SSSR count). The van der Waals surface area contributed by atoms with Gasteiger partial charge >= 0.3 is 0 Å². The average molecular weight is 367 g/mol. The van der Waals surface area contributed by atoms with Gasteiger partial charge in [-0.15, -0.1) is 0 Å². The van der Waals surface area contributed by atoms with Crippen LogP contribution in [-0.4, -0.2) is 26.4 Å². The Balaban J connectivity index is 3.75. The van der Waals surface area contributed by atoms with Gasteiger partial charge in [0.2, 0.25) is 6.54 Å². The first kappa shape index (κ1) is 19.3. The number of hydrogen-bond donors (Lipinski definition) is 2. The predicted octanol–water partition coefficient (Wildman–Crippen LogP) is 1.19. The second-order valence-electron chi connectivity index (χ2n) is 5.09. The quantitative estimate of drug-likeness (QED) is 0.409. The fraction of sp³-hybridized carbons (Fsp3) is 0.308. The number of nitrogens with two attached hydrogens (primary N) is 2. The number of nitrogens with zero attached hydrogens (tertiary/aromatic N) is 3. The Morgan fingerprint density at radius 2 is 1.83 bits per heavy atom. The van der Waals surface area contributed by atoms with Crippen molar-refractivity contribution in [3.05, 3.63) is 48.5 Å². The molecule has 1 aromatic rings. The minimum absolute atomic E-state index is 0.0263. The van der Waals surface area contributed by atoms with Crippen molar-refractivity contribution in [3.63, 3.8) is 0 Å². The summed E-state index contributed by atoms with van der Waals surface area (Å²) in [6, 6.07) is 2.82. The van der Waals surface area contributed by atoms with E-state index in [0.29, 0.717) is 0 Å². The number of thiocarbonyl (C=S) groups is 2. The van der Waals surface area contributed by atoms with Crippen LogP contribution in [0.2, 0.25) is 0 Å². The number of nitro groups is 2. The molecule has 126 valence electrons. The largest absolute Gasteiger partial charge is 0.389 e. The maximum atomic E-state index is 11.4. The third-order valence-corrected chi connectivity index (χ3v) is 3.64. The van der Waals surface area contributed by atoms with Crippen molar-refractivity contribution in [2.75, 3.05) is 6.54 Å². The third-order valence-electron chi connectivity index (χ3n) is 3.23. The first-order valence-corrected chi connectivity index (χ1v) is 7.37. The van der Waals surface area contributed by atoms with Gasteiger partial charge in [0, 0.05) is 33.6 Å². The molecular weight excluding hydrogens is 354 g/mol. The number of nitriles is 1. The minimum atomic E-state index is -0.694. The molecule has 4 N–H and O–H groups in total. The molecule has 1 atom stereocenters. The Bertz CT molecular complexity index is 788. The van der Waals surface area contributed by atoms with E-state index in [-0.39, 0.29) is 38.7 Å². The van der Waals surface area contributed by atoms with Gasteiger partial charge in [0.05, 0.1) is 10.5 Å². The van der Waals surface area contributed by atoms with Crippen LogP contribution in [0.15, 0.2) is 6.07 Å². The Labute approximate surface area is 147 Å². The number of rotatable bonds is 7. The zero-order valence-corrected chi connectivity index (χ0v) is 14.1.